The Hall–Kier alpha value is -1.80. The molecule has 0 saturated heterocycles. The van der Waals surface area contributed by atoms with E-state index < -0.39 is 46.5 Å². The largest absolute Gasteiger partial charge is 0.416 e. The highest BCUT2D eigenvalue weighted by Crippen LogP contribution is 2.39. The Labute approximate surface area is 136 Å². The number of hydrogen-bond donors (Lipinski definition) is 1. The third kappa shape index (κ3) is 3.81. The predicted octanol–water partition coefficient (Wildman–Crippen LogP) is 5.60. The molecule has 9 heteroatoms. The van der Waals surface area contributed by atoms with Crippen LogP contribution in [-0.2, 0) is 12.4 Å². The average Bonchev–Trinajstić information content (AvgIpc) is 2.44. The van der Waals surface area contributed by atoms with E-state index in [-0.39, 0.29) is 11.1 Å². The number of halogens is 8. The fourth-order valence-corrected chi connectivity index (χ4v) is 2.34. The first-order valence-corrected chi connectivity index (χ1v) is 6.70. The first-order chi connectivity index (χ1) is 10.9. The SMILES string of the molecule is OC(c1cc(C(F)(F)F)cc(C(F)(F)F)c1)c1c(F)cccc1Cl. The molecule has 130 valence electrons. The topological polar surface area (TPSA) is 20.2 Å². The van der Waals surface area contributed by atoms with Gasteiger partial charge in [-0.2, -0.15) is 26.3 Å². The molecule has 0 fully saturated rings. The van der Waals surface area contributed by atoms with Gasteiger partial charge in [-0.25, -0.2) is 4.39 Å². The van der Waals surface area contributed by atoms with E-state index in [4.69, 9.17) is 11.6 Å². The highest BCUT2D eigenvalue weighted by molar-refractivity contribution is 6.31. The molecule has 1 N–H and O–H groups in total. The third-order valence-corrected chi connectivity index (χ3v) is 3.53. The van der Waals surface area contributed by atoms with Crippen LogP contribution in [0.25, 0.3) is 0 Å². The van der Waals surface area contributed by atoms with Gasteiger partial charge in [-0.3, -0.25) is 0 Å². The van der Waals surface area contributed by atoms with Gasteiger partial charge in [-0.05, 0) is 35.9 Å². The number of aliphatic hydroxyl groups is 1. The van der Waals surface area contributed by atoms with Crippen molar-refractivity contribution in [3.8, 4) is 0 Å². The summed E-state index contributed by atoms with van der Waals surface area (Å²) in [5.41, 5.74) is -4.60. The first kappa shape index (κ1) is 18.5. The number of hydrogen-bond acceptors (Lipinski definition) is 1. The number of rotatable bonds is 2. The van der Waals surface area contributed by atoms with Gasteiger partial charge in [0.1, 0.15) is 11.9 Å². The molecule has 0 heterocycles. The fourth-order valence-electron chi connectivity index (χ4n) is 2.08. The molecule has 0 bridgehead atoms. The molecule has 0 aliphatic carbocycles. The minimum absolute atomic E-state index is 0.0841. The molecule has 2 aromatic rings. The maximum Gasteiger partial charge on any atom is 0.416 e. The molecule has 24 heavy (non-hydrogen) atoms. The van der Waals surface area contributed by atoms with E-state index in [1.54, 1.807) is 0 Å². The zero-order valence-corrected chi connectivity index (χ0v) is 12.3. The summed E-state index contributed by atoms with van der Waals surface area (Å²) in [7, 11) is 0. The second kappa shape index (κ2) is 6.25. The van der Waals surface area contributed by atoms with Crippen LogP contribution in [0.4, 0.5) is 30.7 Å². The lowest BCUT2D eigenvalue weighted by molar-refractivity contribution is -0.143. The van der Waals surface area contributed by atoms with Crippen molar-refractivity contribution >= 4 is 11.6 Å². The molecule has 1 nitrogen and oxygen atoms in total. The van der Waals surface area contributed by atoms with Gasteiger partial charge in [0.05, 0.1) is 11.1 Å². The van der Waals surface area contributed by atoms with Crippen LogP contribution in [0.1, 0.15) is 28.4 Å². The van der Waals surface area contributed by atoms with Crippen molar-refractivity contribution in [1.82, 2.24) is 0 Å². The molecular formula is C15H8ClF7O. The molecule has 0 saturated carbocycles. The van der Waals surface area contributed by atoms with Crippen LogP contribution in [0.3, 0.4) is 0 Å². The lowest BCUT2D eigenvalue weighted by atomic mass is 9.96. The summed E-state index contributed by atoms with van der Waals surface area (Å²) in [5.74, 6) is -1.05. The van der Waals surface area contributed by atoms with E-state index in [0.29, 0.717) is 12.1 Å². The summed E-state index contributed by atoms with van der Waals surface area (Å²) in [4.78, 5) is 0. The molecule has 1 atom stereocenters. The van der Waals surface area contributed by atoms with Crippen LogP contribution in [0, 0.1) is 5.82 Å². The van der Waals surface area contributed by atoms with Crippen molar-refractivity contribution in [2.24, 2.45) is 0 Å². The van der Waals surface area contributed by atoms with Crippen molar-refractivity contribution in [2.75, 3.05) is 0 Å². The highest BCUT2D eigenvalue weighted by Gasteiger charge is 2.37. The van der Waals surface area contributed by atoms with E-state index in [2.05, 4.69) is 0 Å². The van der Waals surface area contributed by atoms with Crippen LogP contribution in [0.2, 0.25) is 5.02 Å². The van der Waals surface area contributed by atoms with E-state index >= 15 is 0 Å². The normalized spacial score (nSPS) is 13.9. The molecule has 0 aliphatic rings. The van der Waals surface area contributed by atoms with E-state index in [0.717, 1.165) is 12.1 Å². The van der Waals surface area contributed by atoms with Gasteiger partial charge < -0.3 is 5.11 Å². The third-order valence-electron chi connectivity index (χ3n) is 3.20. The summed E-state index contributed by atoms with van der Waals surface area (Å²) >= 11 is 5.69. The monoisotopic (exact) mass is 372 g/mol. The van der Waals surface area contributed by atoms with E-state index in [9.17, 15) is 35.8 Å². The Morgan fingerprint density at radius 3 is 1.79 bits per heavy atom. The second-order valence-corrected chi connectivity index (χ2v) is 5.28. The van der Waals surface area contributed by atoms with Gasteiger partial charge in [0.15, 0.2) is 0 Å². The van der Waals surface area contributed by atoms with Gasteiger partial charge in [-0.15, -0.1) is 0 Å². The van der Waals surface area contributed by atoms with Crippen LogP contribution < -0.4 is 0 Å². The molecular weight excluding hydrogens is 365 g/mol. The highest BCUT2D eigenvalue weighted by atomic mass is 35.5. The van der Waals surface area contributed by atoms with Gasteiger partial charge in [0.25, 0.3) is 0 Å². The molecule has 2 rings (SSSR count). The summed E-state index contributed by atoms with van der Waals surface area (Å²) in [5, 5.41) is 9.75. The van der Waals surface area contributed by atoms with E-state index in [1.807, 2.05) is 0 Å². The molecule has 0 aliphatic heterocycles. The van der Waals surface area contributed by atoms with Crippen LogP contribution in [-0.4, -0.2) is 5.11 Å². The minimum Gasteiger partial charge on any atom is -0.383 e. The Morgan fingerprint density at radius 2 is 1.38 bits per heavy atom. The van der Waals surface area contributed by atoms with Gasteiger partial charge in [-0.1, -0.05) is 17.7 Å². The average molecular weight is 373 g/mol. The summed E-state index contributed by atoms with van der Waals surface area (Å²) < 4.78 is 90.6. The standard InChI is InChI=1S/C15H8ClF7O/c16-10-2-1-3-11(17)12(10)13(24)7-4-8(14(18,19)20)6-9(5-7)15(21,22)23/h1-6,13,24H. The summed E-state index contributed by atoms with van der Waals surface area (Å²) in [6.07, 6.45) is -12.2. The maximum absolute atomic E-state index is 13.8. The maximum atomic E-state index is 13.8. The Kier molecular flexibility index (Phi) is 4.83. The molecule has 0 radical (unpaired) electrons. The Bertz CT molecular complexity index is 700. The van der Waals surface area contributed by atoms with E-state index in [1.165, 1.54) is 6.07 Å². The summed E-state index contributed by atoms with van der Waals surface area (Å²) in [6, 6.07) is 3.77. The fraction of sp³-hybridized carbons (Fsp3) is 0.200. The number of alkyl halides is 6. The van der Waals surface area contributed by atoms with Gasteiger partial charge in [0.2, 0.25) is 0 Å². The van der Waals surface area contributed by atoms with Crippen molar-refractivity contribution in [3.05, 3.63) is 69.5 Å². The van der Waals surface area contributed by atoms with Gasteiger partial charge in [0, 0.05) is 10.6 Å². The molecule has 0 spiro atoms. The lowest BCUT2D eigenvalue weighted by Gasteiger charge is -2.18. The van der Waals surface area contributed by atoms with Crippen molar-refractivity contribution in [2.45, 2.75) is 18.5 Å². The van der Waals surface area contributed by atoms with Crippen molar-refractivity contribution in [3.63, 3.8) is 0 Å². The first-order valence-electron chi connectivity index (χ1n) is 6.32. The molecule has 0 amide bonds. The predicted molar refractivity (Wildman–Crippen MR) is 71.9 cm³/mol. The van der Waals surface area contributed by atoms with Crippen molar-refractivity contribution < 1.29 is 35.8 Å². The molecule has 1 unspecified atom stereocenters. The molecule has 2 aromatic carbocycles. The van der Waals surface area contributed by atoms with Crippen LogP contribution in [0.5, 0.6) is 0 Å². The molecule has 0 aromatic heterocycles. The summed E-state index contributed by atoms with van der Waals surface area (Å²) in [6.45, 7) is 0. The van der Waals surface area contributed by atoms with Crippen LogP contribution >= 0.6 is 11.6 Å². The lowest BCUT2D eigenvalue weighted by Crippen LogP contribution is -2.14. The van der Waals surface area contributed by atoms with Crippen LogP contribution in [0.15, 0.2) is 36.4 Å². The quantitative estimate of drug-likeness (QED) is 0.680. The minimum atomic E-state index is -5.07. The second-order valence-electron chi connectivity index (χ2n) is 4.88. The Morgan fingerprint density at radius 1 is 0.875 bits per heavy atom. The van der Waals surface area contributed by atoms with Crippen molar-refractivity contribution in [1.29, 1.82) is 0 Å². The smallest absolute Gasteiger partial charge is 0.383 e. The Balaban J connectivity index is 2.65. The zero-order valence-electron chi connectivity index (χ0n) is 11.5. The zero-order chi connectivity index (χ0) is 18.3. The number of benzene rings is 2. The number of aliphatic hydroxyl groups excluding tert-OH is 1. The van der Waals surface area contributed by atoms with Gasteiger partial charge >= 0.3 is 12.4 Å².